The number of anilines is 1. The van der Waals surface area contributed by atoms with Gasteiger partial charge in [0.1, 0.15) is 11.9 Å². The molecule has 45 heavy (non-hydrogen) atoms. The highest BCUT2D eigenvalue weighted by Gasteiger charge is 2.46. The van der Waals surface area contributed by atoms with Crippen LogP contribution in [-0.2, 0) is 16.8 Å². The maximum absolute atomic E-state index is 15.0. The molecule has 2 unspecified atom stereocenters. The largest absolute Gasteiger partial charge is 0.404 e. The van der Waals surface area contributed by atoms with E-state index in [9.17, 15) is 22.8 Å². The van der Waals surface area contributed by atoms with Crippen LogP contribution < -0.4 is 5.32 Å². The second-order valence-corrected chi connectivity index (χ2v) is 13.2. The van der Waals surface area contributed by atoms with Crippen LogP contribution in [-0.4, -0.2) is 63.2 Å². The van der Waals surface area contributed by atoms with Gasteiger partial charge in [-0.1, -0.05) is 45.0 Å². The van der Waals surface area contributed by atoms with Crippen LogP contribution in [0.3, 0.4) is 0 Å². The molecule has 2 saturated heterocycles. The molecule has 3 aromatic rings. The van der Waals surface area contributed by atoms with Crippen LogP contribution in [0.1, 0.15) is 79.5 Å². The molecule has 0 saturated carbocycles. The lowest BCUT2D eigenvalue weighted by Gasteiger charge is -2.40. The van der Waals surface area contributed by atoms with Crippen LogP contribution >= 0.6 is 0 Å². The lowest BCUT2D eigenvalue weighted by atomic mass is 9.84. The van der Waals surface area contributed by atoms with Gasteiger partial charge in [0.15, 0.2) is 0 Å². The number of carbonyl (C=O) groups excluding carboxylic acids is 2. The zero-order valence-electron chi connectivity index (χ0n) is 26.2. The summed E-state index contributed by atoms with van der Waals surface area (Å²) in [6.45, 7) is 9.00. The van der Waals surface area contributed by atoms with Gasteiger partial charge in [0.05, 0.1) is 30.3 Å². The smallest absolute Gasteiger partial charge is 0.331 e. The fourth-order valence-corrected chi connectivity index (χ4v) is 6.61. The molecule has 0 spiro atoms. The average Bonchev–Trinajstić information content (AvgIpc) is 3.65. The van der Waals surface area contributed by atoms with Crippen LogP contribution in [0.25, 0.3) is 0 Å². The standard InChI is InChI=1S/C34H41F4N5O2/c1-22-9-5-13-27(35)29(22)32(45)43-16-7-12-26(31(44)40-25-11-6-10-24(19-25)33(2,3)4)30(43)23-20-39-42(21-23)18-17-41-15-8-14-28(41)34(36,37)38/h5-6,9-11,13,19-21,26,28,30H,7-8,12,14-18H2,1-4H3,(H,40,44)/t26?,28?,30-/m0/s1. The van der Waals surface area contributed by atoms with Crippen molar-refractivity contribution < 1.29 is 27.2 Å². The normalized spacial score (nSPS) is 21.2. The predicted octanol–water partition coefficient (Wildman–Crippen LogP) is 6.89. The number of alkyl halides is 3. The van der Waals surface area contributed by atoms with E-state index in [2.05, 4.69) is 31.2 Å². The van der Waals surface area contributed by atoms with E-state index in [-0.39, 0.29) is 36.4 Å². The maximum Gasteiger partial charge on any atom is 0.404 e. The number of aromatic nitrogens is 2. The molecule has 7 nitrogen and oxygen atoms in total. The molecule has 3 heterocycles. The topological polar surface area (TPSA) is 70.5 Å². The minimum Gasteiger partial charge on any atom is -0.331 e. The molecule has 2 aliphatic heterocycles. The Balaban J connectivity index is 1.44. The molecule has 2 amide bonds. The zero-order valence-corrected chi connectivity index (χ0v) is 26.2. The first-order valence-electron chi connectivity index (χ1n) is 15.5. The second kappa shape index (κ2) is 12.9. The van der Waals surface area contributed by atoms with Gasteiger partial charge in [0.2, 0.25) is 5.91 Å². The third kappa shape index (κ3) is 7.24. The molecule has 0 bridgehead atoms. The van der Waals surface area contributed by atoms with Gasteiger partial charge in [-0.05, 0) is 73.9 Å². The summed E-state index contributed by atoms with van der Waals surface area (Å²) < 4.78 is 57.0. The molecule has 11 heteroatoms. The number of rotatable bonds is 7. The quantitative estimate of drug-likeness (QED) is 0.290. The summed E-state index contributed by atoms with van der Waals surface area (Å²) >= 11 is 0. The molecular weight excluding hydrogens is 586 g/mol. The maximum atomic E-state index is 15.0. The Morgan fingerprint density at radius 2 is 1.73 bits per heavy atom. The van der Waals surface area contributed by atoms with Gasteiger partial charge in [0, 0.05) is 30.5 Å². The number of carbonyl (C=O) groups is 2. The van der Waals surface area contributed by atoms with Crippen molar-refractivity contribution in [2.45, 2.75) is 83.6 Å². The van der Waals surface area contributed by atoms with E-state index < -0.39 is 35.9 Å². The van der Waals surface area contributed by atoms with Crippen molar-refractivity contribution in [2.24, 2.45) is 5.92 Å². The van der Waals surface area contributed by atoms with Crippen molar-refractivity contribution in [3.8, 4) is 0 Å². The molecule has 1 aromatic heterocycles. The van der Waals surface area contributed by atoms with E-state index in [4.69, 9.17) is 0 Å². The number of hydrogen-bond donors (Lipinski definition) is 1. The van der Waals surface area contributed by atoms with Crippen LogP contribution in [0.5, 0.6) is 0 Å². The van der Waals surface area contributed by atoms with E-state index in [1.807, 2.05) is 24.3 Å². The summed E-state index contributed by atoms with van der Waals surface area (Å²) in [6.07, 6.45) is 0.572. The lowest BCUT2D eigenvalue weighted by molar-refractivity contribution is -0.176. The van der Waals surface area contributed by atoms with Crippen LogP contribution in [0, 0.1) is 18.7 Å². The molecule has 0 aliphatic carbocycles. The molecule has 0 radical (unpaired) electrons. The summed E-state index contributed by atoms with van der Waals surface area (Å²) in [5.41, 5.74) is 2.60. The van der Waals surface area contributed by atoms with Crippen molar-refractivity contribution in [3.63, 3.8) is 0 Å². The number of amides is 2. The summed E-state index contributed by atoms with van der Waals surface area (Å²) in [4.78, 5) is 30.9. The van der Waals surface area contributed by atoms with Gasteiger partial charge < -0.3 is 10.2 Å². The fraction of sp³-hybridized carbons (Fsp3) is 0.500. The van der Waals surface area contributed by atoms with Crippen molar-refractivity contribution in [1.29, 1.82) is 0 Å². The third-order valence-corrected chi connectivity index (χ3v) is 9.01. The molecule has 5 rings (SSSR count). The second-order valence-electron chi connectivity index (χ2n) is 13.2. The minimum absolute atomic E-state index is 0.0407. The molecule has 2 aromatic carbocycles. The summed E-state index contributed by atoms with van der Waals surface area (Å²) in [5, 5.41) is 7.47. The van der Waals surface area contributed by atoms with Crippen LogP contribution in [0.4, 0.5) is 23.2 Å². The Labute approximate surface area is 261 Å². The van der Waals surface area contributed by atoms with E-state index in [1.54, 1.807) is 41.0 Å². The monoisotopic (exact) mass is 627 g/mol. The summed E-state index contributed by atoms with van der Waals surface area (Å²) in [6, 6.07) is 9.90. The first-order chi connectivity index (χ1) is 21.2. The highest BCUT2D eigenvalue weighted by molar-refractivity contribution is 5.98. The molecule has 3 atom stereocenters. The number of nitrogens with one attached hydrogen (secondary N) is 1. The summed E-state index contributed by atoms with van der Waals surface area (Å²) in [5.74, 6) is -2.09. The van der Waals surface area contributed by atoms with Crippen LogP contribution in [0.15, 0.2) is 54.9 Å². The van der Waals surface area contributed by atoms with Crippen molar-refractivity contribution >= 4 is 17.5 Å². The van der Waals surface area contributed by atoms with Crippen molar-refractivity contribution in [1.82, 2.24) is 19.6 Å². The Morgan fingerprint density at radius 1 is 1.00 bits per heavy atom. The Morgan fingerprint density at radius 3 is 2.44 bits per heavy atom. The SMILES string of the molecule is Cc1cccc(F)c1C(=O)N1CCCC(C(=O)Nc2cccc(C(C)(C)C)c2)[C@@H]1c1cnn(CCN2CCCC2C(F)(F)F)c1. The number of piperidine rings is 1. The van der Waals surface area contributed by atoms with E-state index in [1.165, 1.54) is 11.0 Å². The molecule has 2 fully saturated rings. The number of benzene rings is 2. The molecule has 1 N–H and O–H groups in total. The molecule has 2 aliphatic rings. The molecule has 242 valence electrons. The first kappa shape index (κ1) is 32.7. The number of hydrogen-bond acceptors (Lipinski definition) is 4. The van der Waals surface area contributed by atoms with Gasteiger partial charge in [-0.3, -0.25) is 19.2 Å². The minimum atomic E-state index is -4.29. The number of halogens is 4. The zero-order chi connectivity index (χ0) is 32.5. The van der Waals surface area contributed by atoms with Crippen molar-refractivity contribution in [2.75, 3.05) is 25.0 Å². The van der Waals surface area contributed by atoms with Gasteiger partial charge in [-0.25, -0.2) is 4.39 Å². The number of likely N-dealkylation sites (tertiary alicyclic amines) is 2. The van der Waals surface area contributed by atoms with Gasteiger partial charge in [-0.2, -0.15) is 18.3 Å². The highest BCUT2D eigenvalue weighted by Crippen LogP contribution is 2.39. The van der Waals surface area contributed by atoms with E-state index >= 15 is 4.39 Å². The summed E-state index contributed by atoms with van der Waals surface area (Å²) in [7, 11) is 0. The predicted molar refractivity (Wildman–Crippen MR) is 164 cm³/mol. The van der Waals surface area contributed by atoms with Gasteiger partial charge >= 0.3 is 6.18 Å². The molecular formula is C34H41F4N5O2. The fourth-order valence-electron chi connectivity index (χ4n) is 6.61. The van der Waals surface area contributed by atoms with Gasteiger partial charge in [0.25, 0.3) is 5.91 Å². The van der Waals surface area contributed by atoms with Gasteiger partial charge in [-0.15, -0.1) is 0 Å². The lowest BCUT2D eigenvalue weighted by Crippen LogP contribution is -2.46. The van der Waals surface area contributed by atoms with Crippen molar-refractivity contribution in [3.05, 3.63) is 82.9 Å². The Hall–Kier alpha value is -3.73. The first-order valence-corrected chi connectivity index (χ1v) is 15.5. The number of aryl methyl sites for hydroxylation is 1. The Bertz CT molecular complexity index is 1510. The van der Waals surface area contributed by atoms with E-state index in [0.29, 0.717) is 49.2 Å². The average molecular weight is 628 g/mol. The van der Waals surface area contributed by atoms with Crippen LogP contribution in [0.2, 0.25) is 0 Å². The highest BCUT2D eigenvalue weighted by atomic mass is 19.4. The van der Waals surface area contributed by atoms with E-state index in [0.717, 1.165) is 5.56 Å². The third-order valence-electron chi connectivity index (χ3n) is 9.01. The Kier molecular flexibility index (Phi) is 9.39. The number of nitrogens with zero attached hydrogens (tertiary/aromatic N) is 4.